The number of ether oxygens (including phenoxy) is 4. The molecule has 4 saturated carbocycles. The minimum absolute atomic E-state index is 0.00249. The van der Waals surface area contributed by atoms with Gasteiger partial charge in [-0.2, -0.15) is 0 Å². The van der Waals surface area contributed by atoms with E-state index < -0.39 is 46.5 Å². The number of carbonyl (C=O) groups is 4. The zero-order chi connectivity index (χ0) is 34.3. The molecular formula is C37H56O9. The van der Waals surface area contributed by atoms with E-state index in [0.29, 0.717) is 19.3 Å². The summed E-state index contributed by atoms with van der Waals surface area (Å²) in [5, 5.41) is 12.2. The minimum atomic E-state index is -1.07. The molecule has 0 saturated heterocycles. The summed E-state index contributed by atoms with van der Waals surface area (Å²) in [5.74, 6) is -1.72. The lowest BCUT2D eigenvalue weighted by atomic mass is 9.33. The van der Waals surface area contributed by atoms with Gasteiger partial charge in [-0.05, 0) is 92.3 Å². The van der Waals surface area contributed by atoms with Crippen LogP contribution in [0.2, 0.25) is 0 Å². The molecule has 12 atom stereocenters. The molecule has 0 radical (unpaired) electrons. The highest BCUT2D eigenvalue weighted by Gasteiger charge is 2.73. The molecule has 46 heavy (non-hydrogen) atoms. The lowest BCUT2D eigenvalue weighted by Gasteiger charge is -2.72. The van der Waals surface area contributed by atoms with E-state index in [-0.39, 0.29) is 52.5 Å². The fourth-order valence-corrected chi connectivity index (χ4v) is 12.1. The molecule has 258 valence electrons. The Kier molecular flexibility index (Phi) is 8.60. The summed E-state index contributed by atoms with van der Waals surface area (Å²) >= 11 is 0. The largest absolute Gasteiger partial charge is 0.469 e. The van der Waals surface area contributed by atoms with Crippen LogP contribution in [-0.4, -0.2) is 60.5 Å². The van der Waals surface area contributed by atoms with Crippen molar-refractivity contribution in [2.24, 2.45) is 50.7 Å². The summed E-state index contributed by atoms with van der Waals surface area (Å²) in [6.07, 6.45) is 6.70. The van der Waals surface area contributed by atoms with Crippen molar-refractivity contribution >= 4 is 23.9 Å². The summed E-state index contributed by atoms with van der Waals surface area (Å²) in [7, 11) is 1.46. The SMILES string of the molecule is COC(=O)[C@]12CC[C@@H](C)[C@@](C)(O)[C@H]1C1=CC[C@@H]3[C@@]4(C)C[C@@H](OC(C)=O)[C@@H](OC(C)=O)[C@@](C)(COC(C)=O)[C@@H]4CC[C@@]3(C)[C@]1(C)CC2. The third-order valence-corrected chi connectivity index (χ3v) is 14.5. The van der Waals surface area contributed by atoms with Gasteiger partial charge in [0, 0.05) is 32.1 Å². The van der Waals surface area contributed by atoms with Gasteiger partial charge in [-0.25, -0.2) is 0 Å². The highest BCUT2D eigenvalue weighted by Crippen LogP contribution is 2.76. The molecule has 0 amide bonds. The number of hydrogen-bond donors (Lipinski definition) is 1. The molecule has 9 heteroatoms. The average molecular weight is 645 g/mol. The average Bonchev–Trinajstić information content (AvgIpc) is 2.95. The molecule has 5 aliphatic carbocycles. The van der Waals surface area contributed by atoms with Gasteiger partial charge in [0.25, 0.3) is 0 Å². The van der Waals surface area contributed by atoms with E-state index in [9.17, 15) is 24.3 Å². The quantitative estimate of drug-likeness (QED) is 0.220. The van der Waals surface area contributed by atoms with Crippen molar-refractivity contribution in [2.75, 3.05) is 13.7 Å². The van der Waals surface area contributed by atoms with Crippen LogP contribution in [-0.2, 0) is 38.1 Å². The second-order valence-corrected chi connectivity index (χ2v) is 16.7. The van der Waals surface area contributed by atoms with Crippen LogP contribution in [0.15, 0.2) is 11.6 Å². The summed E-state index contributed by atoms with van der Waals surface area (Å²) < 4.78 is 23.1. The molecule has 0 aromatic heterocycles. The monoisotopic (exact) mass is 644 g/mol. The van der Waals surface area contributed by atoms with Crippen LogP contribution in [0.25, 0.3) is 0 Å². The fraction of sp³-hybridized carbons (Fsp3) is 0.838. The third-order valence-electron chi connectivity index (χ3n) is 14.5. The summed E-state index contributed by atoms with van der Waals surface area (Å²) in [4.78, 5) is 50.7. The number of esters is 4. The van der Waals surface area contributed by atoms with Crippen molar-refractivity contribution < 1.29 is 43.2 Å². The van der Waals surface area contributed by atoms with Crippen molar-refractivity contribution in [3.63, 3.8) is 0 Å². The van der Waals surface area contributed by atoms with E-state index in [1.54, 1.807) is 0 Å². The summed E-state index contributed by atoms with van der Waals surface area (Å²) in [6.45, 7) is 17.2. The summed E-state index contributed by atoms with van der Waals surface area (Å²) in [5.41, 5.74) is -2.33. The van der Waals surface area contributed by atoms with E-state index in [1.165, 1.54) is 33.5 Å². The third kappa shape index (κ3) is 4.79. The van der Waals surface area contributed by atoms with Crippen molar-refractivity contribution in [3.05, 3.63) is 11.6 Å². The maximum atomic E-state index is 13.6. The predicted molar refractivity (Wildman–Crippen MR) is 170 cm³/mol. The van der Waals surface area contributed by atoms with Gasteiger partial charge >= 0.3 is 23.9 Å². The van der Waals surface area contributed by atoms with Gasteiger partial charge in [-0.1, -0.05) is 46.3 Å². The number of rotatable bonds is 5. The van der Waals surface area contributed by atoms with E-state index in [4.69, 9.17) is 18.9 Å². The second kappa shape index (κ2) is 11.3. The van der Waals surface area contributed by atoms with E-state index in [2.05, 4.69) is 33.8 Å². The first kappa shape index (κ1) is 34.9. The van der Waals surface area contributed by atoms with Gasteiger partial charge in [-0.3, -0.25) is 19.2 Å². The van der Waals surface area contributed by atoms with Crippen LogP contribution in [0, 0.1) is 50.7 Å². The Labute approximate surface area is 274 Å². The Hall–Kier alpha value is -2.42. The van der Waals surface area contributed by atoms with Gasteiger partial charge in [0.2, 0.25) is 0 Å². The van der Waals surface area contributed by atoms with Crippen molar-refractivity contribution in [1.82, 2.24) is 0 Å². The Balaban J connectivity index is 1.65. The summed E-state index contributed by atoms with van der Waals surface area (Å²) in [6, 6.07) is 0. The lowest BCUT2D eigenvalue weighted by Crippen LogP contribution is -2.70. The molecule has 0 bridgehead atoms. The minimum Gasteiger partial charge on any atom is -0.469 e. The Bertz CT molecular complexity index is 1320. The topological polar surface area (TPSA) is 125 Å². The van der Waals surface area contributed by atoms with Crippen LogP contribution in [0.4, 0.5) is 0 Å². The number of hydrogen-bond acceptors (Lipinski definition) is 9. The molecule has 1 N–H and O–H groups in total. The Morgan fingerprint density at radius 2 is 1.52 bits per heavy atom. The first-order valence-corrected chi connectivity index (χ1v) is 17.2. The predicted octanol–water partition coefficient (Wildman–Crippen LogP) is 5.95. The maximum Gasteiger partial charge on any atom is 0.312 e. The number of aliphatic hydroxyl groups is 1. The zero-order valence-corrected chi connectivity index (χ0v) is 29.6. The molecule has 0 aromatic rings. The number of methoxy groups -OCH3 is 1. The van der Waals surface area contributed by atoms with E-state index in [0.717, 1.165) is 32.1 Å². The Morgan fingerprint density at radius 3 is 2.11 bits per heavy atom. The van der Waals surface area contributed by atoms with Crippen molar-refractivity contribution in [2.45, 2.75) is 131 Å². The highest BCUT2D eigenvalue weighted by atomic mass is 16.6. The lowest BCUT2D eigenvalue weighted by molar-refractivity contribution is -0.258. The fourth-order valence-electron chi connectivity index (χ4n) is 12.1. The van der Waals surface area contributed by atoms with Crippen molar-refractivity contribution in [1.29, 1.82) is 0 Å². The number of carbonyl (C=O) groups excluding carboxylic acids is 4. The standard InChI is InChI=1S/C37H56O9/c1-21-13-16-37(31(41)43-10)18-17-34(7)25(29(37)36(21,9)42)11-12-28-32(5)19-26(45-23(3)39)30(46-24(4)40)33(6,20-44-22(2)38)27(32)14-15-35(28,34)8/h11,21,26-30,42H,12-20H2,1-10H3/t21-,26-,27-,28-,29-,30-,32+,33+,34-,35-,36-,37+/m1/s1. The number of allylic oxidation sites excluding steroid dienone is 1. The molecule has 0 aromatic carbocycles. The van der Waals surface area contributed by atoms with Gasteiger partial charge in [0.05, 0.1) is 18.1 Å². The van der Waals surface area contributed by atoms with E-state index in [1.807, 2.05) is 13.8 Å². The van der Waals surface area contributed by atoms with Crippen LogP contribution in [0.1, 0.15) is 114 Å². The molecular weight excluding hydrogens is 588 g/mol. The normalized spacial score (nSPS) is 47.8. The van der Waals surface area contributed by atoms with Gasteiger partial charge < -0.3 is 24.1 Å². The smallest absolute Gasteiger partial charge is 0.312 e. The van der Waals surface area contributed by atoms with Gasteiger partial charge in [-0.15, -0.1) is 0 Å². The molecule has 4 fully saturated rings. The Morgan fingerprint density at radius 1 is 0.870 bits per heavy atom. The van der Waals surface area contributed by atoms with Gasteiger partial charge in [0.15, 0.2) is 0 Å². The highest BCUT2D eigenvalue weighted by molar-refractivity contribution is 5.79. The van der Waals surface area contributed by atoms with Crippen LogP contribution < -0.4 is 0 Å². The van der Waals surface area contributed by atoms with Crippen LogP contribution >= 0.6 is 0 Å². The molecule has 0 aliphatic heterocycles. The zero-order valence-electron chi connectivity index (χ0n) is 29.6. The van der Waals surface area contributed by atoms with Crippen LogP contribution in [0.5, 0.6) is 0 Å². The molecule has 0 spiro atoms. The maximum absolute atomic E-state index is 13.6. The first-order chi connectivity index (χ1) is 21.2. The van der Waals surface area contributed by atoms with Crippen molar-refractivity contribution in [3.8, 4) is 0 Å². The second-order valence-electron chi connectivity index (χ2n) is 16.7. The number of fused-ring (bicyclic) bond motifs is 7. The first-order valence-electron chi connectivity index (χ1n) is 17.2. The molecule has 5 aliphatic rings. The van der Waals surface area contributed by atoms with Gasteiger partial charge in [0.1, 0.15) is 18.8 Å². The van der Waals surface area contributed by atoms with E-state index >= 15 is 0 Å². The molecule has 0 heterocycles. The molecule has 0 unspecified atom stereocenters. The van der Waals surface area contributed by atoms with Crippen LogP contribution in [0.3, 0.4) is 0 Å². The molecule has 5 rings (SSSR count). The molecule has 9 nitrogen and oxygen atoms in total.